The lowest BCUT2D eigenvalue weighted by molar-refractivity contribution is 0.0161. The van der Waals surface area contributed by atoms with Crippen LogP contribution in [0.15, 0.2) is 0 Å². The predicted octanol–water partition coefficient (Wildman–Crippen LogP) is 2.01. The average molecular weight is 228 g/mol. The first kappa shape index (κ1) is 13.9. The van der Waals surface area contributed by atoms with Crippen LogP contribution in [0.5, 0.6) is 0 Å². The monoisotopic (exact) mass is 228 g/mol. The van der Waals surface area contributed by atoms with E-state index in [2.05, 4.69) is 11.8 Å². The summed E-state index contributed by atoms with van der Waals surface area (Å²) < 4.78 is 5.37. The van der Waals surface area contributed by atoms with Crippen molar-refractivity contribution in [1.29, 1.82) is 0 Å². The highest BCUT2D eigenvalue weighted by atomic mass is 16.5. The van der Waals surface area contributed by atoms with Crippen LogP contribution in [0, 0.1) is 0 Å². The second-order valence-corrected chi connectivity index (χ2v) is 4.74. The van der Waals surface area contributed by atoms with Crippen molar-refractivity contribution >= 4 is 0 Å². The first-order valence-electron chi connectivity index (χ1n) is 6.90. The van der Waals surface area contributed by atoms with Crippen LogP contribution in [-0.2, 0) is 4.74 Å². The molecule has 1 saturated heterocycles. The van der Waals surface area contributed by atoms with Gasteiger partial charge in [0.05, 0.1) is 13.2 Å². The van der Waals surface area contributed by atoms with Crippen LogP contribution < -0.4 is 5.73 Å². The summed E-state index contributed by atoms with van der Waals surface area (Å²) in [6.45, 7) is 6.95. The fraction of sp³-hybridized carbons (Fsp3) is 1.00. The second kappa shape index (κ2) is 8.97. The number of hydrogen-bond donors (Lipinski definition) is 1. The molecular weight excluding hydrogens is 200 g/mol. The van der Waals surface area contributed by atoms with Crippen molar-refractivity contribution in [2.45, 2.75) is 51.5 Å². The van der Waals surface area contributed by atoms with E-state index in [4.69, 9.17) is 10.5 Å². The Morgan fingerprint density at radius 3 is 2.44 bits per heavy atom. The van der Waals surface area contributed by atoms with E-state index in [0.717, 1.165) is 32.8 Å². The summed E-state index contributed by atoms with van der Waals surface area (Å²) >= 11 is 0. The molecule has 0 aromatic carbocycles. The summed E-state index contributed by atoms with van der Waals surface area (Å²) in [5.74, 6) is 0. The van der Waals surface area contributed by atoms with E-state index < -0.39 is 0 Å². The predicted molar refractivity (Wildman–Crippen MR) is 68.6 cm³/mol. The van der Waals surface area contributed by atoms with Crippen molar-refractivity contribution in [1.82, 2.24) is 4.90 Å². The van der Waals surface area contributed by atoms with Crippen LogP contribution in [0.2, 0.25) is 0 Å². The van der Waals surface area contributed by atoms with Crippen LogP contribution in [-0.4, -0.2) is 43.8 Å². The summed E-state index contributed by atoms with van der Waals surface area (Å²) in [7, 11) is 0. The molecule has 1 heterocycles. The van der Waals surface area contributed by atoms with Gasteiger partial charge >= 0.3 is 0 Å². The Kier molecular flexibility index (Phi) is 7.81. The minimum Gasteiger partial charge on any atom is -0.379 e. The van der Waals surface area contributed by atoms with E-state index in [0.29, 0.717) is 6.04 Å². The molecule has 0 radical (unpaired) electrons. The van der Waals surface area contributed by atoms with E-state index in [1.807, 2.05) is 0 Å². The molecule has 1 rings (SSSR count). The molecule has 0 aliphatic carbocycles. The minimum atomic E-state index is 0.588. The maximum absolute atomic E-state index is 5.86. The Morgan fingerprint density at radius 1 is 1.12 bits per heavy atom. The number of morpholine rings is 1. The zero-order valence-corrected chi connectivity index (χ0v) is 10.8. The van der Waals surface area contributed by atoms with Gasteiger partial charge in [0.1, 0.15) is 0 Å². The van der Waals surface area contributed by atoms with Crippen LogP contribution >= 0.6 is 0 Å². The van der Waals surface area contributed by atoms with E-state index in [1.165, 1.54) is 38.5 Å². The molecule has 16 heavy (non-hydrogen) atoms. The highest BCUT2D eigenvalue weighted by molar-refractivity contribution is 4.74. The molecule has 96 valence electrons. The highest BCUT2D eigenvalue weighted by Gasteiger charge is 2.18. The van der Waals surface area contributed by atoms with Gasteiger partial charge in [-0.1, -0.05) is 39.0 Å². The van der Waals surface area contributed by atoms with Crippen molar-refractivity contribution in [3.05, 3.63) is 0 Å². The van der Waals surface area contributed by atoms with Crippen molar-refractivity contribution in [2.75, 3.05) is 32.8 Å². The number of nitrogens with zero attached hydrogens (tertiary/aromatic N) is 1. The minimum absolute atomic E-state index is 0.588. The molecule has 0 aromatic rings. The fourth-order valence-electron chi connectivity index (χ4n) is 2.38. The number of unbranched alkanes of at least 4 members (excludes halogenated alkanes) is 4. The SMILES string of the molecule is CCCCCCCC(CN)N1CCOCC1. The lowest BCUT2D eigenvalue weighted by Gasteiger charge is -2.33. The van der Waals surface area contributed by atoms with Crippen molar-refractivity contribution < 1.29 is 4.74 Å². The molecule has 0 spiro atoms. The molecule has 2 N–H and O–H groups in total. The summed E-state index contributed by atoms with van der Waals surface area (Å²) in [5, 5.41) is 0. The van der Waals surface area contributed by atoms with Crippen LogP contribution in [0.3, 0.4) is 0 Å². The van der Waals surface area contributed by atoms with Gasteiger partial charge in [0, 0.05) is 25.7 Å². The third-order valence-corrected chi connectivity index (χ3v) is 3.48. The molecule has 0 saturated carbocycles. The smallest absolute Gasteiger partial charge is 0.0594 e. The quantitative estimate of drug-likeness (QED) is 0.646. The number of hydrogen-bond acceptors (Lipinski definition) is 3. The number of ether oxygens (including phenoxy) is 1. The summed E-state index contributed by atoms with van der Waals surface area (Å²) in [5.41, 5.74) is 5.86. The Labute approximate surface area is 100 Å². The van der Waals surface area contributed by atoms with Crippen molar-refractivity contribution in [3.8, 4) is 0 Å². The van der Waals surface area contributed by atoms with Gasteiger partial charge in [0.2, 0.25) is 0 Å². The van der Waals surface area contributed by atoms with Gasteiger partial charge in [0.15, 0.2) is 0 Å². The van der Waals surface area contributed by atoms with E-state index >= 15 is 0 Å². The fourth-order valence-corrected chi connectivity index (χ4v) is 2.38. The first-order chi connectivity index (χ1) is 7.88. The maximum Gasteiger partial charge on any atom is 0.0594 e. The van der Waals surface area contributed by atoms with Gasteiger partial charge in [-0.05, 0) is 6.42 Å². The molecule has 1 unspecified atom stereocenters. The third kappa shape index (κ3) is 5.28. The topological polar surface area (TPSA) is 38.5 Å². The zero-order chi connectivity index (χ0) is 11.6. The van der Waals surface area contributed by atoms with E-state index in [9.17, 15) is 0 Å². The second-order valence-electron chi connectivity index (χ2n) is 4.74. The third-order valence-electron chi connectivity index (χ3n) is 3.48. The van der Waals surface area contributed by atoms with Crippen LogP contribution in [0.1, 0.15) is 45.4 Å². The molecule has 0 amide bonds. The summed E-state index contributed by atoms with van der Waals surface area (Å²) in [6, 6.07) is 0.588. The number of rotatable bonds is 8. The molecule has 1 fully saturated rings. The zero-order valence-electron chi connectivity index (χ0n) is 10.8. The van der Waals surface area contributed by atoms with Crippen LogP contribution in [0.4, 0.5) is 0 Å². The van der Waals surface area contributed by atoms with Crippen LogP contribution in [0.25, 0.3) is 0 Å². The van der Waals surface area contributed by atoms with E-state index in [-0.39, 0.29) is 0 Å². The van der Waals surface area contributed by atoms with Gasteiger partial charge in [-0.2, -0.15) is 0 Å². The molecule has 3 nitrogen and oxygen atoms in total. The summed E-state index contributed by atoms with van der Waals surface area (Å²) in [6.07, 6.45) is 8.06. The maximum atomic E-state index is 5.86. The van der Waals surface area contributed by atoms with Gasteiger partial charge in [-0.3, -0.25) is 4.90 Å². The number of nitrogens with two attached hydrogens (primary N) is 1. The highest BCUT2D eigenvalue weighted by Crippen LogP contribution is 2.12. The van der Waals surface area contributed by atoms with Gasteiger partial charge < -0.3 is 10.5 Å². The standard InChI is InChI=1S/C13H28N2O/c1-2-3-4-5-6-7-13(12-14)15-8-10-16-11-9-15/h13H,2-12,14H2,1H3. The van der Waals surface area contributed by atoms with Gasteiger partial charge in [-0.15, -0.1) is 0 Å². The first-order valence-corrected chi connectivity index (χ1v) is 6.90. The molecular formula is C13H28N2O. The summed E-state index contributed by atoms with van der Waals surface area (Å²) in [4.78, 5) is 2.50. The Morgan fingerprint density at radius 2 is 1.81 bits per heavy atom. The molecule has 1 aliphatic rings. The Balaban J connectivity index is 2.10. The normalized spacial score (nSPS) is 19.9. The Hall–Kier alpha value is -0.120. The molecule has 3 heteroatoms. The largest absolute Gasteiger partial charge is 0.379 e. The lowest BCUT2D eigenvalue weighted by Crippen LogP contribution is -2.46. The van der Waals surface area contributed by atoms with Crippen molar-refractivity contribution in [3.63, 3.8) is 0 Å². The van der Waals surface area contributed by atoms with Gasteiger partial charge in [0.25, 0.3) is 0 Å². The molecule has 1 atom stereocenters. The molecule has 0 bridgehead atoms. The van der Waals surface area contributed by atoms with Crippen molar-refractivity contribution in [2.24, 2.45) is 5.73 Å². The average Bonchev–Trinajstić information content (AvgIpc) is 2.35. The Bertz CT molecular complexity index is 158. The van der Waals surface area contributed by atoms with E-state index in [1.54, 1.807) is 0 Å². The van der Waals surface area contributed by atoms with Gasteiger partial charge in [-0.25, -0.2) is 0 Å². The lowest BCUT2D eigenvalue weighted by atomic mass is 10.0. The molecule has 1 aliphatic heterocycles. The molecule has 0 aromatic heterocycles.